The van der Waals surface area contributed by atoms with E-state index in [9.17, 15) is 9.59 Å². The predicted molar refractivity (Wildman–Crippen MR) is 86.5 cm³/mol. The molecule has 0 aliphatic carbocycles. The van der Waals surface area contributed by atoms with Gasteiger partial charge in [0.05, 0.1) is 22.6 Å². The summed E-state index contributed by atoms with van der Waals surface area (Å²) in [6, 6.07) is 15.1. The summed E-state index contributed by atoms with van der Waals surface area (Å²) in [5, 5.41) is 6.05. The first-order valence-corrected chi connectivity index (χ1v) is 7.18. The fraction of sp³-hybridized carbons (Fsp3) is 0.176. The van der Waals surface area contributed by atoms with Gasteiger partial charge in [-0.3, -0.25) is 9.59 Å². The summed E-state index contributed by atoms with van der Waals surface area (Å²) in [6.45, 7) is 2.30. The van der Waals surface area contributed by atoms with Crippen LogP contribution in [-0.4, -0.2) is 24.9 Å². The van der Waals surface area contributed by atoms with Gasteiger partial charge in [0, 0.05) is 20.0 Å². The van der Waals surface area contributed by atoms with Gasteiger partial charge < -0.3 is 15.5 Å². The third-order valence-electron chi connectivity index (χ3n) is 3.58. The summed E-state index contributed by atoms with van der Waals surface area (Å²) in [4.78, 5) is 25.6. The predicted octanol–water partition coefficient (Wildman–Crippen LogP) is 2.53. The van der Waals surface area contributed by atoms with Crippen molar-refractivity contribution in [2.24, 2.45) is 0 Å². The van der Waals surface area contributed by atoms with Gasteiger partial charge in [0.2, 0.25) is 5.91 Å². The van der Waals surface area contributed by atoms with Gasteiger partial charge in [-0.1, -0.05) is 24.3 Å². The van der Waals surface area contributed by atoms with E-state index < -0.39 is 0 Å². The highest BCUT2D eigenvalue weighted by Crippen LogP contribution is 2.34. The van der Waals surface area contributed by atoms with Crippen LogP contribution in [0.3, 0.4) is 0 Å². The van der Waals surface area contributed by atoms with E-state index in [4.69, 9.17) is 0 Å². The average Bonchev–Trinajstić information content (AvgIpc) is 2.63. The van der Waals surface area contributed by atoms with Crippen molar-refractivity contribution >= 4 is 28.9 Å². The summed E-state index contributed by atoms with van der Waals surface area (Å²) in [5.74, 6) is -0.174. The summed E-state index contributed by atoms with van der Waals surface area (Å²) >= 11 is 0. The molecule has 3 rings (SSSR count). The molecule has 0 radical (unpaired) electrons. The van der Waals surface area contributed by atoms with E-state index in [0.29, 0.717) is 18.7 Å². The zero-order valence-electron chi connectivity index (χ0n) is 12.3. The Morgan fingerprint density at radius 3 is 2.55 bits per heavy atom. The van der Waals surface area contributed by atoms with E-state index in [1.165, 1.54) is 6.92 Å². The van der Waals surface area contributed by atoms with E-state index in [1.807, 2.05) is 48.5 Å². The van der Waals surface area contributed by atoms with E-state index in [-0.39, 0.29) is 11.8 Å². The van der Waals surface area contributed by atoms with Crippen LogP contribution in [0.5, 0.6) is 0 Å². The molecule has 112 valence electrons. The van der Waals surface area contributed by atoms with Crippen molar-refractivity contribution in [1.29, 1.82) is 0 Å². The average molecular weight is 295 g/mol. The number of amides is 2. The van der Waals surface area contributed by atoms with E-state index in [0.717, 1.165) is 17.1 Å². The Morgan fingerprint density at radius 1 is 1.09 bits per heavy atom. The Kier molecular flexibility index (Phi) is 3.78. The van der Waals surface area contributed by atoms with Crippen molar-refractivity contribution in [3.8, 4) is 0 Å². The number of carbonyl (C=O) groups excluding carboxylic acids is 2. The molecule has 0 atom stereocenters. The summed E-state index contributed by atoms with van der Waals surface area (Å²) in [5.41, 5.74) is 3.11. The van der Waals surface area contributed by atoms with Crippen LogP contribution >= 0.6 is 0 Å². The molecule has 0 saturated carbocycles. The van der Waals surface area contributed by atoms with Gasteiger partial charge in [-0.15, -0.1) is 0 Å². The van der Waals surface area contributed by atoms with Crippen LogP contribution in [0.4, 0.5) is 17.1 Å². The Hall–Kier alpha value is -2.82. The SMILES string of the molecule is CC(=O)NCCN1C(=O)c2ccccc2Nc2ccccc21. The number of benzene rings is 2. The van der Waals surface area contributed by atoms with Gasteiger partial charge in [0.15, 0.2) is 0 Å². The largest absolute Gasteiger partial charge is 0.355 e. The number of anilines is 3. The molecule has 1 aliphatic rings. The van der Waals surface area contributed by atoms with Crippen LogP contribution in [0, 0.1) is 0 Å². The molecule has 2 aromatic carbocycles. The molecule has 0 fully saturated rings. The second-order valence-electron chi connectivity index (χ2n) is 5.13. The fourth-order valence-corrected chi connectivity index (χ4v) is 2.56. The quantitative estimate of drug-likeness (QED) is 0.914. The fourth-order valence-electron chi connectivity index (χ4n) is 2.56. The number of nitrogens with zero attached hydrogens (tertiary/aromatic N) is 1. The van der Waals surface area contributed by atoms with Crippen LogP contribution in [0.2, 0.25) is 0 Å². The second-order valence-corrected chi connectivity index (χ2v) is 5.13. The zero-order valence-corrected chi connectivity index (χ0v) is 12.3. The Morgan fingerprint density at radius 2 is 1.77 bits per heavy atom. The number of para-hydroxylation sites is 3. The lowest BCUT2D eigenvalue weighted by atomic mass is 10.1. The number of carbonyl (C=O) groups is 2. The minimum absolute atomic E-state index is 0.0709. The Bertz CT molecular complexity index is 727. The molecule has 0 aromatic heterocycles. The van der Waals surface area contributed by atoms with Crippen molar-refractivity contribution in [2.45, 2.75) is 6.92 Å². The number of hydrogen-bond acceptors (Lipinski definition) is 3. The normalized spacial score (nSPS) is 12.8. The van der Waals surface area contributed by atoms with Crippen molar-refractivity contribution in [2.75, 3.05) is 23.3 Å². The molecular weight excluding hydrogens is 278 g/mol. The Labute approximate surface area is 128 Å². The summed E-state index contributed by atoms with van der Waals surface area (Å²) < 4.78 is 0. The molecule has 22 heavy (non-hydrogen) atoms. The van der Waals surface area contributed by atoms with Crippen molar-refractivity contribution in [1.82, 2.24) is 5.32 Å². The molecule has 1 aliphatic heterocycles. The summed E-state index contributed by atoms with van der Waals surface area (Å²) in [7, 11) is 0. The third kappa shape index (κ3) is 2.65. The lowest BCUT2D eigenvalue weighted by Crippen LogP contribution is -2.37. The van der Waals surface area contributed by atoms with E-state index >= 15 is 0 Å². The molecule has 0 bridgehead atoms. The molecule has 0 saturated heterocycles. The number of hydrogen-bond donors (Lipinski definition) is 2. The first-order chi connectivity index (χ1) is 10.7. The lowest BCUT2D eigenvalue weighted by Gasteiger charge is -2.22. The van der Waals surface area contributed by atoms with Gasteiger partial charge in [-0.25, -0.2) is 0 Å². The third-order valence-corrected chi connectivity index (χ3v) is 3.58. The topological polar surface area (TPSA) is 61.4 Å². The number of fused-ring (bicyclic) bond motifs is 2. The first kappa shape index (κ1) is 14.1. The monoisotopic (exact) mass is 295 g/mol. The lowest BCUT2D eigenvalue weighted by molar-refractivity contribution is -0.118. The molecular formula is C17H17N3O2. The molecule has 0 unspecified atom stereocenters. The molecule has 0 spiro atoms. The Balaban J connectivity index is 1.99. The minimum atomic E-state index is -0.103. The highest BCUT2D eigenvalue weighted by atomic mass is 16.2. The molecule has 5 nitrogen and oxygen atoms in total. The molecule has 5 heteroatoms. The highest BCUT2D eigenvalue weighted by Gasteiger charge is 2.25. The minimum Gasteiger partial charge on any atom is -0.355 e. The smallest absolute Gasteiger partial charge is 0.260 e. The highest BCUT2D eigenvalue weighted by molar-refractivity contribution is 6.13. The van der Waals surface area contributed by atoms with Crippen molar-refractivity contribution in [3.63, 3.8) is 0 Å². The van der Waals surface area contributed by atoms with Crippen LogP contribution < -0.4 is 15.5 Å². The van der Waals surface area contributed by atoms with Crippen molar-refractivity contribution in [3.05, 3.63) is 54.1 Å². The van der Waals surface area contributed by atoms with Gasteiger partial charge >= 0.3 is 0 Å². The standard InChI is InChI=1S/C17H17N3O2/c1-12(21)18-10-11-20-16-9-5-4-8-15(16)19-14-7-3-2-6-13(14)17(20)22/h2-9,19H,10-11H2,1H3,(H,18,21). The van der Waals surface area contributed by atoms with Crippen molar-refractivity contribution < 1.29 is 9.59 Å². The number of nitrogens with one attached hydrogen (secondary N) is 2. The van der Waals surface area contributed by atoms with Gasteiger partial charge in [0.1, 0.15) is 0 Å². The molecule has 2 N–H and O–H groups in total. The van der Waals surface area contributed by atoms with Gasteiger partial charge in [0.25, 0.3) is 5.91 Å². The zero-order chi connectivity index (χ0) is 15.5. The second kappa shape index (κ2) is 5.89. The maximum absolute atomic E-state index is 12.8. The maximum atomic E-state index is 12.8. The van der Waals surface area contributed by atoms with Gasteiger partial charge in [-0.05, 0) is 24.3 Å². The van der Waals surface area contributed by atoms with Crippen LogP contribution in [0.1, 0.15) is 17.3 Å². The molecule has 2 amide bonds. The van der Waals surface area contributed by atoms with Crippen LogP contribution in [0.25, 0.3) is 0 Å². The number of rotatable bonds is 3. The molecule has 1 heterocycles. The maximum Gasteiger partial charge on any atom is 0.260 e. The molecule has 2 aromatic rings. The van der Waals surface area contributed by atoms with Crippen LogP contribution in [-0.2, 0) is 4.79 Å². The first-order valence-electron chi connectivity index (χ1n) is 7.18. The van der Waals surface area contributed by atoms with E-state index in [2.05, 4.69) is 10.6 Å². The van der Waals surface area contributed by atoms with Gasteiger partial charge in [-0.2, -0.15) is 0 Å². The van der Waals surface area contributed by atoms with E-state index in [1.54, 1.807) is 4.90 Å². The summed E-state index contributed by atoms with van der Waals surface area (Å²) in [6.07, 6.45) is 0. The van der Waals surface area contributed by atoms with Crippen LogP contribution in [0.15, 0.2) is 48.5 Å².